The molecule has 0 saturated carbocycles. The minimum Gasteiger partial charge on any atom is -0.497 e. The Morgan fingerprint density at radius 1 is 1.27 bits per heavy atom. The molecule has 0 aliphatic heterocycles. The number of ketones is 1. The largest absolute Gasteiger partial charge is 0.497 e. The maximum absolute atomic E-state index is 11.2. The Bertz CT molecular complexity index is 328. The molecule has 0 unspecified atom stereocenters. The van der Waals surface area contributed by atoms with E-state index in [9.17, 15) is 4.79 Å². The quantitative estimate of drug-likeness (QED) is 0.748. The molecule has 0 aliphatic carbocycles. The van der Waals surface area contributed by atoms with Crippen molar-refractivity contribution in [1.82, 2.24) is 0 Å². The summed E-state index contributed by atoms with van der Waals surface area (Å²) in [5, 5.41) is 0. The Morgan fingerprint density at radius 3 is 2.47 bits per heavy atom. The second-order valence-electron chi connectivity index (χ2n) is 3.17. The summed E-state index contributed by atoms with van der Waals surface area (Å²) in [6.07, 6.45) is 0.324. The van der Waals surface area contributed by atoms with Gasteiger partial charge in [0.05, 0.1) is 13.0 Å². The van der Waals surface area contributed by atoms with E-state index < -0.39 is 0 Å². The van der Waals surface area contributed by atoms with E-state index in [0.717, 1.165) is 11.1 Å². The molecule has 0 heterocycles. The second kappa shape index (κ2) is 5.99. The summed E-state index contributed by atoms with van der Waals surface area (Å²) in [5.74, 6) is 1.14. The fourth-order valence-electron chi connectivity index (χ4n) is 1.30. The summed E-state index contributed by atoms with van der Waals surface area (Å²) >= 11 is 11.2. The fourth-order valence-corrected chi connectivity index (χ4v) is 1.55. The van der Waals surface area contributed by atoms with Crippen LogP contribution in [0.2, 0.25) is 0 Å². The van der Waals surface area contributed by atoms with E-state index >= 15 is 0 Å². The van der Waals surface area contributed by atoms with Crippen molar-refractivity contribution in [2.24, 2.45) is 0 Å². The van der Waals surface area contributed by atoms with Gasteiger partial charge in [-0.15, -0.1) is 23.2 Å². The first kappa shape index (κ1) is 12.3. The minimum absolute atomic E-state index is 0.00885. The molecule has 0 saturated heterocycles. The molecule has 0 N–H and O–H groups in total. The number of Topliss-reactive ketones (excluding diaryl/α,β-unsaturated/α-hetero) is 1. The lowest BCUT2D eigenvalue weighted by atomic mass is 10.1. The van der Waals surface area contributed by atoms with Gasteiger partial charge in [-0.05, 0) is 23.3 Å². The van der Waals surface area contributed by atoms with Crippen molar-refractivity contribution in [3.63, 3.8) is 0 Å². The van der Waals surface area contributed by atoms with E-state index in [1.807, 2.05) is 18.2 Å². The summed E-state index contributed by atoms with van der Waals surface area (Å²) in [7, 11) is 1.58. The number of carbonyl (C=O) groups excluding carboxylic acids is 1. The molecule has 0 aliphatic rings. The number of carbonyl (C=O) groups is 1. The third-order valence-corrected chi connectivity index (χ3v) is 2.57. The van der Waals surface area contributed by atoms with Crippen molar-refractivity contribution in [2.45, 2.75) is 12.3 Å². The fraction of sp³-hybridized carbons (Fsp3) is 0.364. The Balaban J connectivity index is 2.91. The normalized spacial score (nSPS) is 10.1. The minimum atomic E-state index is -0.00885. The van der Waals surface area contributed by atoms with Crippen LogP contribution >= 0.6 is 23.2 Å². The van der Waals surface area contributed by atoms with Crippen molar-refractivity contribution in [3.05, 3.63) is 29.3 Å². The molecule has 1 aromatic rings. The van der Waals surface area contributed by atoms with Crippen molar-refractivity contribution in [2.75, 3.05) is 13.0 Å². The average Bonchev–Trinajstić information content (AvgIpc) is 2.28. The maximum Gasteiger partial charge on any atom is 0.151 e. The Labute approximate surface area is 99.1 Å². The van der Waals surface area contributed by atoms with Gasteiger partial charge in [0.1, 0.15) is 5.75 Å². The van der Waals surface area contributed by atoms with E-state index in [2.05, 4.69) is 0 Å². The second-order valence-corrected chi connectivity index (χ2v) is 3.71. The van der Waals surface area contributed by atoms with Crippen LogP contribution in [-0.2, 0) is 17.1 Å². The van der Waals surface area contributed by atoms with Crippen LogP contribution in [0.25, 0.3) is 0 Å². The lowest BCUT2D eigenvalue weighted by Gasteiger charge is -2.06. The number of ether oxygens (including phenoxy) is 1. The third-order valence-electron chi connectivity index (χ3n) is 1.97. The number of halogens is 2. The van der Waals surface area contributed by atoms with E-state index in [-0.39, 0.29) is 11.7 Å². The first-order valence-electron chi connectivity index (χ1n) is 4.50. The molecular formula is C11H12Cl2O2. The molecule has 15 heavy (non-hydrogen) atoms. The van der Waals surface area contributed by atoms with Crippen LogP contribution in [0, 0.1) is 0 Å². The van der Waals surface area contributed by atoms with Crippen LogP contribution in [0.1, 0.15) is 11.1 Å². The topological polar surface area (TPSA) is 26.3 Å². The van der Waals surface area contributed by atoms with Crippen LogP contribution in [0.15, 0.2) is 18.2 Å². The molecule has 0 amide bonds. The summed E-state index contributed by atoms with van der Waals surface area (Å²) in [5.41, 5.74) is 1.82. The van der Waals surface area contributed by atoms with Crippen molar-refractivity contribution in [3.8, 4) is 5.75 Å². The Kier molecular flexibility index (Phi) is 4.92. The molecule has 0 aromatic heterocycles. The summed E-state index contributed by atoms with van der Waals surface area (Å²) in [6, 6.07) is 5.56. The molecule has 2 nitrogen and oxygen atoms in total. The zero-order valence-corrected chi connectivity index (χ0v) is 9.94. The number of rotatable bonds is 5. The first-order valence-corrected chi connectivity index (χ1v) is 5.57. The van der Waals surface area contributed by atoms with Crippen molar-refractivity contribution in [1.29, 1.82) is 0 Å². The molecule has 0 radical (unpaired) electrons. The number of hydrogen-bond donors (Lipinski definition) is 0. The van der Waals surface area contributed by atoms with E-state index in [1.165, 1.54) is 0 Å². The van der Waals surface area contributed by atoms with Crippen LogP contribution in [0.4, 0.5) is 0 Å². The smallest absolute Gasteiger partial charge is 0.151 e. The van der Waals surface area contributed by atoms with Crippen molar-refractivity contribution < 1.29 is 9.53 Å². The maximum atomic E-state index is 11.2. The molecule has 0 spiro atoms. The zero-order valence-electron chi connectivity index (χ0n) is 8.43. The highest BCUT2D eigenvalue weighted by Crippen LogP contribution is 2.19. The highest BCUT2D eigenvalue weighted by atomic mass is 35.5. The summed E-state index contributed by atoms with van der Waals surface area (Å²) in [6.45, 7) is 0. The predicted molar refractivity (Wildman–Crippen MR) is 62.0 cm³/mol. The van der Waals surface area contributed by atoms with E-state index in [4.69, 9.17) is 27.9 Å². The van der Waals surface area contributed by atoms with Gasteiger partial charge in [-0.25, -0.2) is 0 Å². The van der Waals surface area contributed by atoms with Gasteiger partial charge in [-0.2, -0.15) is 0 Å². The zero-order chi connectivity index (χ0) is 11.3. The van der Waals surface area contributed by atoms with Crippen molar-refractivity contribution >= 4 is 29.0 Å². The molecule has 1 aromatic carbocycles. The van der Waals surface area contributed by atoms with Crippen LogP contribution in [0.5, 0.6) is 5.75 Å². The van der Waals surface area contributed by atoms with Gasteiger partial charge < -0.3 is 4.74 Å². The third kappa shape index (κ3) is 3.73. The lowest BCUT2D eigenvalue weighted by Crippen LogP contribution is -2.04. The van der Waals surface area contributed by atoms with E-state index in [0.29, 0.717) is 18.1 Å². The SMILES string of the molecule is COc1cc(CCl)cc(CC(=O)CCl)c1. The molecule has 1 rings (SSSR count). The van der Waals surface area contributed by atoms with Crippen LogP contribution in [0.3, 0.4) is 0 Å². The lowest BCUT2D eigenvalue weighted by molar-refractivity contribution is -0.116. The number of methoxy groups -OCH3 is 1. The molecule has 0 fully saturated rings. The standard InChI is InChI=1S/C11H12Cl2O2/c1-15-11-4-8(3-10(14)7-13)2-9(5-11)6-12/h2,4-5H,3,6-7H2,1H3. The highest BCUT2D eigenvalue weighted by Gasteiger charge is 2.05. The Morgan fingerprint density at radius 2 is 1.93 bits per heavy atom. The summed E-state index contributed by atoms with van der Waals surface area (Å²) in [4.78, 5) is 11.2. The molecule has 82 valence electrons. The van der Waals surface area contributed by atoms with Gasteiger partial charge in [0.2, 0.25) is 0 Å². The monoisotopic (exact) mass is 246 g/mol. The highest BCUT2D eigenvalue weighted by molar-refractivity contribution is 6.27. The van der Waals surface area contributed by atoms with Gasteiger partial charge >= 0.3 is 0 Å². The predicted octanol–water partition coefficient (Wildman–Crippen LogP) is 2.78. The molecule has 0 atom stereocenters. The van der Waals surface area contributed by atoms with Gasteiger partial charge in [0, 0.05) is 12.3 Å². The molecular weight excluding hydrogens is 235 g/mol. The Hall–Kier alpha value is -0.730. The van der Waals surface area contributed by atoms with Gasteiger partial charge in [0.25, 0.3) is 0 Å². The average molecular weight is 247 g/mol. The van der Waals surface area contributed by atoms with Gasteiger partial charge in [-0.1, -0.05) is 6.07 Å². The van der Waals surface area contributed by atoms with Gasteiger partial charge in [0.15, 0.2) is 5.78 Å². The number of alkyl halides is 2. The van der Waals surface area contributed by atoms with E-state index in [1.54, 1.807) is 7.11 Å². The number of benzene rings is 1. The molecule has 0 bridgehead atoms. The molecule has 4 heteroatoms. The van der Waals surface area contributed by atoms with Crippen LogP contribution < -0.4 is 4.74 Å². The summed E-state index contributed by atoms with van der Waals surface area (Å²) < 4.78 is 5.11. The number of hydrogen-bond acceptors (Lipinski definition) is 2. The van der Waals surface area contributed by atoms with Crippen LogP contribution in [-0.4, -0.2) is 18.8 Å². The first-order chi connectivity index (χ1) is 7.19. The van der Waals surface area contributed by atoms with Gasteiger partial charge in [-0.3, -0.25) is 4.79 Å².